The number of ether oxygens (including phenoxy) is 1. The van der Waals surface area contributed by atoms with Crippen LogP contribution in [0.2, 0.25) is 5.02 Å². The molecule has 3 fully saturated rings. The monoisotopic (exact) mass is 1070 g/mol. The zero-order valence-corrected chi connectivity index (χ0v) is 45.3. The molecule has 0 spiro atoms. The van der Waals surface area contributed by atoms with Crippen LogP contribution in [0.1, 0.15) is 71.2 Å². The fourth-order valence-corrected chi connectivity index (χ4v) is 11.8. The smallest absolute Gasteiger partial charge is 0.319 e. The van der Waals surface area contributed by atoms with Gasteiger partial charge in [0, 0.05) is 62.6 Å². The number of fused-ring (bicyclic) bond motifs is 2. The summed E-state index contributed by atoms with van der Waals surface area (Å²) in [5.41, 5.74) is 4.43. The summed E-state index contributed by atoms with van der Waals surface area (Å²) in [7, 11) is 0. The van der Waals surface area contributed by atoms with E-state index in [9.17, 15) is 29.4 Å². The van der Waals surface area contributed by atoms with Crippen molar-refractivity contribution >= 4 is 74.1 Å². The third-order valence-corrected chi connectivity index (χ3v) is 16.1. The van der Waals surface area contributed by atoms with E-state index < -0.39 is 41.4 Å². The average Bonchev–Trinajstić information content (AvgIpc) is 4.04. The molecule has 4 N–H and O–H groups in total. The second kappa shape index (κ2) is 22.5. The van der Waals surface area contributed by atoms with E-state index in [-0.39, 0.29) is 70.5 Å². The second-order valence-electron chi connectivity index (χ2n) is 21.3. The van der Waals surface area contributed by atoms with Gasteiger partial charge < -0.3 is 40.3 Å². The lowest BCUT2D eigenvalue weighted by Gasteiger charge is -2.37. The number of hydrogen-bond donors (Lipinski definition) is 4. The first-order chi connectivity index (χ1) is 36.3. The molecule has 5 heterocycles. The lowest BCUT2D eigenvalue weighted by Crippen LogP contribution is -2.59. The summed E-state index contributed by atoms with van der Waals surface area (Å²) in [4.78, 5) is 77.0. The number of aromatic hydroxyl groups is 1. The third-order valence-electron chi connectivity index (χ3n) is 14.8. The number of nitrogens with zero attached hydrogens (tertiary/aromatic N) is 7. The second-order valence-corrected chi connectivity index (χ2v) is 22.6. The van der Waals surface area contributed by atoms with E-state index in [2.05, 4.69) is 32.1 Å². The van der Waals surface area contributed by atoms with Gasteiger partial charge in [-0.15, -0.1) is 11.3 Å². The van der Waals surface area contributed by atoms with E-state index in [4.69, 9.17) is 21.3 Å². The number of carbonyl (C=O) groups excluding carboxylic acids is 4. The van der Waals surface area contributed by atoms with Gasteiger partial charge in [-0.3, -0.25) is 24.1 Å². The minimum absolute atomic E-state index is 0.0166. The number of hydrogen-bond acceptors (Lipinski definition) is 13. The third kappa shape index (κ3) is 11.5. The van der Waals surface area contributed by atoms with Crippen LogP contribution in [0.4, 0.5) is 10.2 Å². The fourth-order valence-electron chi connectivity index (χ4n) is 10.7. The Bertz CT molecular complexity index is 3170. The molecule has 6 aromatic rings. The number of thiazole rings is 1. The van der Waals surface area contributed by atoms with Gasteiger partial charge in [0.25, 0.3) is 0 Å². The van der Waals surface area contributed by atoms with Crippen LogP contribution < -0.4 is 20.3 Å². The van der Waals surface area contributed by atoms with Crippen molar-refractivity contribution in [1.29, 1.82) is 0 Å². The molecule has 3 saturated heterocycles. The van der Waals surface area contributed by atoms with Gasteiger partial charge in [-0.2, -0.15) is 9.97 Å². The summed E-state index contributed by atoms with van der Waals surface area (Å²) < 4.78 is 23.6. The predicted molar refractivity (Wildman–Crippen MR) is 294 cm³/mol. The molecule has 2 aromatic heterocycles. The van der Waals surface area contributed by atoms with Crippen LogP contribution in [-0.4, -0.2) is 140 Å². The van der Waals surface area contributed by atoms with Crippen LogP contribution in [-0.2, 0) is 19.2 Å². The Morgan fingerprint density at radius 1 is 0.947 bits per heavy atom. The van der Waals surface area contributed by atoms with Crippen LogP contribution in [0.15, 0.2) is 84.9 Å². The van der Waals surface area contributed by atoms with Gasteiger partial charge in [0.05, 0.1) is 33.3 Å². The lowest BCUT2D eigenvalue weighted by atomic mass is 9.84. The minimum atomic E-state index is -0.964. The van der Waals surface area contributed by atoms with Crippen molar-refractivity contribution in [2.75, 3.05) is 57.3 Å². The van der Waals surface area contributed by atoms with Crippen LogP contribution >= 0.6 is 22.9 Å². The van der Waals surface area contributed by atoms with E-state index >= 15 is 4.39 Å². The van der Waals surface area contributed by atoms with Crippen LogP contribution in [0.3, 0.4) is 0 Å². The number of aliphatic hydroxyl groups excluding tert-OH is 1. The normalized spacial score (nSPS) is 18.9. The van der Waals surface area contributed by atoms with Crippen molar-refractivity contribution in [3.8, 4) is 33.3 Å². The van der Waals surface area contributed by atoms with Crippen molar-refractivity contribution in [1.82, 2.24) is 40.3 Å². The number of anilines is 1. The van der Waals surface area contributed by atoms with Gasteiger partial charge >= 0.3 is 6.01 Å². The van der Waals surface area contributed by atoms with Crippen molar-refractivity contribution < 1.29 is 38.5 Å². The number of β-amino-alcohol motifs (C(OH)–C–C–N with tert-alkyl or cyclic N) is 1. The zero-order chi connectivity index (χ0) is 54.2. The molecule has 0 bridgehead atoms. The van der Waals surface area contributed by atoms with E-state index in [1.165, 1.54) is 17.0 Å². The Morgan fingerprint density at radius 2 is 1.66 bits per heavy atom. The summed E-state index contributed by atoms with van der Waals surface area (Å²) in [6, 6.07) is 17.7. The number of piperidine rings is 1. The molecule has 0 radical (unpaired) electrons. The molecule has 400 valence electrons. The highest BCUT2D eigenvalue weighted by atomic mass is 35.5. The van der Waals surface area contributed by atoms with Crippen LogP contribution in [0.25, 0.3) is 43.2 Å². The topological polar surface area (TPSA) is 194 Å². The lowest BCUT2D eigenvalue weighted by molar-refractivity contribution is -0.145. The number of benzene rings is 4. The van der Waals surface area contributed by atoms with E-state index in [0.717, 1.165) is 21.7 Å². The molecule has 0 saturated carbocycles. The van der Waals surface area contributed by atoms with Crippen molar-refractivity contribution in [2.24, 2.45) is 11.3 Å². The maximum atomic E-state index is 17.2. The molecule has 16 nitrogen and oxygen atoms in total. The maximum Gasteiger partial charge on any atom is 0.319 e. The van der Waals surface area contributed by atoms with Gasteiger partial charge in [-0.1, -0.05) is 87.5 Å². The first-order valence-corrected chi connectivity index (χ1v) is 27.1. The van der Waals surface area contributed by atoms with Gasteiger partial charge in [-0.25, -0.2) is 9.37 Å². The summed E-state index contributed by atoms with van der Waals surface area (Å²) in [5.74, 6) is -1.97. The Balaban J connectivity index is 0.855. The largest absolute Gasteiger partial charge is 0.508 e. The number of amides is 4. The first-order valence-electron chi connectivity index (χ1n) is 25.8. The molecule has 0 aliphatic carbocycles. The number of halogens is 2. The quantitative estimate of drug-likeness (QED) is 0.0768. The number of carbonyl (C=O) groups is 4. The van der Waals surface area contributed by atoms with Gasteiger partial charge in [0.2, 0.25) is 23.6 Å². The van der Waals surface area contributed by atoms with Gasteiger partial charge in [0.15, 0.2) is 5.82 Å². The molecule has 3 aliphatic heterocycles. The zero-order valence-electron chi connectivity index (χ0n) is 43.7. The van der Waals surface area contributed by atoms with Crippen molar-refractivity contribution in [3.05, 3.63) is 107 Å². The molecule has 0 unspecified atom stereocenters. The molecule has 5 atom stereocenters. The first kappa shape index (κ1) is 54.1. The number of likely N-dealkylation sites (tertiary alicyclic amines) is 2. The molecule has 9 rings (SSSR count). The number of aryl methyl sites for hydroxylation is 1. The molecular formula is C57H65ClFN9O7S. The fraction of sp³-hybridized carbons (Fsp3) is 0.421. The average molecular weight is 1070 g/mol. The van der Waals surface area contributed by atoms with E-state index in [1.807, 2.05) is 100 Å². The highest BCUT2D eigenvalue weighted by Gasteiger charge is 2.45. The summed E-state index contributed by atoms with van der Waals surface area (Å²) >= 11 is 8.51. The molecule has 3 aliphatic rings. The highest BCUT2D eigenvalue weighted by Crippen LogP contribution is 2.43. The molecule has 4 amide bonds. The standard InChI is InChI=1S/C57H65ClFN9O7S/c1-8-46(71)66-21-23-67(24-22-66)52-43-28-44(58)47(42-26-39(69)25-38-11-9-10-12-41(38)42)48(59)49(43)62-56(64-52)75-32(2)29-65-19-17-37(18-20-65)53(72)63-51(57(5,6)7)55(74)68-30-40(70)27-45(68)54(73)61-33(3)35-13-15-36(16-14-35)50-34(4)60-31-76-50/h8-16,25-26,28,31-33,37,40,45,51,69-70H,1,17-24,27,29-30H2,2-7H3,(H,61,73)(H,63,72)/t32-,33+,40-,45+,51-/m1/s1. The van der Waals surface area contributed by atoms with Crippen LogP contribution in [0, 0.1) is 24.1 Å². The molecule has 19 heteroatoms. The maximum absolute atomic E-state index is 17.2. The summed E-state index contributed by atoms with van der Waals surface area (Å²) in [5, 5.41) is 29.5. The number of aromatic nitrogens is 3. The number of piperazine rings is 1. The van der Waals surface area contributed by atoms with Crippen LogP contribution in [0.5, 0.6) is 11.8 Å². The predicted octanol–water partition coefficient (Wildman–Crippen LogP) is 8.06. The number of aliphatic hydroxyl groups is 1. The minimum Gasteiger partial charge on any atom is -0.508 e. The Labute approximate surface area is 450 Å². The molecule has 4 aromatic carbocycles. The van der Waals surface area contributed by atoms with Crippen molar-refractivity contribution in [3.63, 3.8) is 0 Å². The number of rotatable bonds is 14. The number of phenols is 1. The number of nitrogens with one attached hydrogen (secondary N) is 2. The van der Waals surface area contributed by atoms with Gasteiger partial charge in [0.1, 0.15) is 35.3 Å². The summed E-state index contributed by atoms with van der Waals surface area (Å²) in [6.45, 7) is 18.0. The van der Waals surface area contributed by atoms with Gasteiger partial charge in [-0.05, 0) is 104 Å². The summed E-state index contributed by atoms with van der Waals surface area (Å²) in [6.07, 6.45) is 0.997. The van der Waals surface area contributed by atoms with Crippen molar-refractivity contribution in [2.45, 2.75) is 91.1 Å². The molecule has 76 heavy (non-hydrogen) atoms. The molecular weight excluding hydrogens is 1010 g/mol. The Morgan fingerprint density at radius 3 is 2.33 bits per heavy atom. The van der Waals surface area contributed by atoms with E-state index in [1.54, 1.807) is 28.4 Å². The Hall–Kier alpha value is -6.73. The SMILES string of the molecule is C=CC(=O)N1CCN(c2nc(O[C@H](C)CN3CCC(C(=O)N[C@H](C(=O)N4C[C@H](O)C[C@H]4C(=O)N[C@@H](C)c4ccc(-c5scnc5C)cc4)C(C)(C)C)CC3)nc3c(F)c(-c4cc(O)cc5ccccc45)c(Cl)cc23)CC1. The Kier molecular flexibility index (Phi) is 16.0. The number of phenolic OH excluding ortho intramolecular Hbond substituents is 1. The van der Waals surface area contributed by atoms with E-state index in [0.29, 0.717) is 86.2 Å². The highest BCUT2D eigenvalue weighted by molar-refractivity contribution is 7.13.